The molecule has 1 aromatic carbocycles. The molecule has 0 bridgehead atoms. The van der Waals surface area contributed by atoms with Gasteiger partial charge < -0.3 is 14.4 Å². The van der Waals surface area contributed by atoms with E-state index in [9.17, 15) is 14.7 Å². The molecule has 1 aliphatic carbocycles. The molecule has 2 N–H and O–H groups in total. The molecular weight excluding hydrogens is 384 g/mol. The van der Waals surface area contributed by atoms with Crippen LogP contribution in [0, 0.1) is 6.92 Å². The van der Waals surface area contributed by atoms with E-state index in [0.29, 0.717) is 23.6 Å². The van der Waals surface area contributed by atoms with Gasteiger partial charge in [0.2, 0.25) is 0 Å². The van der Waals surface area contributed by atoms with Crippen molar-refractivity contribution < 1.29 is 24.0 Å². The molecule has 7 nitrogen and oxygen atoms in total. The average molecular weight is 410 g/mol. The second-order valence-electron chi connectivity index (χ2n) is 8.39. The maximum absolute atomic E-state index is 12.3. The van der Waals surface area contributed by atoms with Gasteiger partial charge in [-0.15, -0.1) is 0 Å². The van der Waals surface area contributed by atoms with Crippen LogP contribution < -0.4 is 5.32 Å². The summed E-state index contributed by atoms with van der Waals surface area (Å²) in [4.78, 5) is 24.0. The van der Waals surface area contributed by atoms with Crippen LogP contribution in [-0.2, 0) is 14.9 Å². The van der Waals surface area contributed by atoms with Gasteiger partial charge in [-0.2, -0.15) is 0 Å². The van der Waals surface area contributed by atoms with Gasteiger partial charge in [0.05, 0.1) is 11.8 Å². The second-order valence-corrected chi connectivity index (χ2v) is 8.39. The van der Waals surface area contributed by atoms with Crippen LogP contribution in [0.5, 0.6) is 0 Å². The summed E-state index contributed by atoms with van der Waals surface area (Å²) in [5, 5.41) is 16.2. The summed E-state index contributed by atoms with van der Waals surface area (Å²) in [6.45, 7) is 6.98. The van der Waals surface area contributed by atoms with Gasteiger partial charge in [0, 0.05) is 0 Å². The zero-order valence-electron chi connectivity index (χ0n) is 17.6. The molecular formula is C23H26N2O5. The molecule has 0 spiro atoms. The molecule has 30 heavy (non-hydrogen) atoms. The lowest BCUT2D eigenvalue weighted by Crippen LogP contribution is -2.31. The fraction of sp³-hybridized carbons (Fsp3) is 0.348. The highest BCUT2D eigenvalue weighted by Gasteiger charge is 2.40. The Labute approximate surface area is 175 Å². The Morgan fingerprint density at radius 3 is 2.53 bits per heavy atom. The number of hydrogen-bond acceptors (Lipinski definition) is 5. The van der Waals surface area contributed by atoms with Crippen LogP contribution in [0.1, 0.15) is 50.6 Å². The van der Waals surface area contributed by atoms with Crippen molar-refractivity contribution in [3.8, 4) is 0 Å². The van der Waals surface area contributed by atoms with E-state index < -0.39 is 23.1 Å². The van der Waals surface area contributed by atoms with E-state index in [-0.39, 0.29) is 6.42 Å². The summed E-state index contributed by atoms with van der Waals surface area (Å²) in [7, 11) is 0. The zero-order valence-corrected chi connectivity index (χ0v) is 17.6. The zero-order chi connectivity index (χ0) is 21.9. The van der Waals surface area contributed by atoms with Crippen molar-refractivity contribution in [3.05, 3.63) is 65.6 Å². The summed E-state index contributed by atoms with van der Waals surface area (Å²) in [5.74, 6) is -0.679. The molecule has 1 aliphatic rings. The van der Waals surface area contributed by atoms with E-state index in [1.807, 2.05) is 48.6 Å². The van der Waals surface area contributed by atoms with Gasteiger partial charge >= 0.3 is 12.1 Å². The fourth-order valence-electron chi connectivity index (χ4n) is 3.43. The maximum Gasteiger partial charge on any atom is 0.412 e. The first-order chi connectivity index (χ1) is 14.1. The number of aryl methyl sites for hydroxylation is 1. The smallest absolute Gasteiger partial charge is 0.412 e. The molecule has 0 saturated carbocycles. The minimum Gasteiger partial charge on any atom is -0.481 e. The molecule has 1 amide bonds. The summed E-state index contributed by atoms with van der Waals surface area (Å²) in [6.07, 6.45) is 5.21. The van der Waals surface area contributed by atoms with Gasteiger partial charge in [-0.05, 0) is 45.3 Å². The Kier molecular flexibility index (Phi) is 5.82. The van der Waals surface area contributed by atoms with Crippen molar-refractivity contribution in [2.75, 3.05) is 5.32 Å². The number of benzene rings is 1. The molecule has 2 aromatic rings. The summed E-state index contributed by atoms with van der Waals surface area (Å²) < 4.78 is 10.9. The molecule has 0 aliphatic heterocycles. The number of ether oxygens (including phenoxy) is 1. The number of carboxylic acids is 1. The number of hydrogen-bond donors (Lipinski definition) is 2. The van der Waals surface area contributed by atoms with Gasteiger partial charge in [0.15, 0.2) is 5.76 Å². The predicted molar refractivity (Wildman–Crippen MR) is 113 cm³/mol. The lowest BCUT2D eigenvalue weighted by atomic mass is 9.74. The van der Waals surface area contributed by atoms with Crippen LogP contribution in [0.15, 0.2) is 53.1 Å². The lowest BCUT2D eigenvalue weighted by Gasteiger charge is -2.29. The van der Waals surface area contributed by atoms with Crippen LogP contribution in [-0.4, -0.2) is 27.9 Å². The molecule has 1 heterocycles. The highest BCUT2D eigenvalue weighted by atomic mass is 16.6. The van der Waals surface area contributed by atoms with E-state index >= 15 is 0 Å². The normalized spacial score (nSPS) is 18.6. The van der Waals surface area contributed by atoms with Crippen LogP contribution in [0.4, 0.5) is 10.5 Å². The Morgan fingerprint density at radius 2 is 1.97 bits per heavy atom. The number of aromatic nitrogens is 1. The summed E-state index contributed by atoms with van der Waals surface area (Å²) in [5.41, 5.74) is 1.17. The minimum atomic E-state index is -0.978. The molecule has 1 aromatic heterocycles. The fourth-order valence-corrected chi connectivity index (χ4v) is 3.43. The lowest BCUT2D eigenvalue weighted by molar-refractivity contribution is -0.138. The van der Waals surface area contributed by atoms with Crippen molar-refractivity contribution in [2.45, 2.75) is 51.6 Å². The SMILES string of the molecule is Cc1noc(C2(CC(=O)O)C=CC(c3ccccc3)=CC2)c1NC(=O)OC(C)(C)C. The van der Waals surface area contributed by atoms with E-state index in [2.05, 4.69) is 10.5 Å². The van der Waals surface area contributed by atoms with Gasteiger partial charge in [0.25, 0.3) is 0 Å². The number of rotatable bonds is 5. The number of carbonyl (C=O) groups excluding carboxylic acids is 1. The van der Waals surface area contributed by atoms with Crippen molar-refractivity contribution >= 4 is 23.3 Å². The first kappa shape index (κ1) is 21.4. The van der Waals surface area contributed by atoms with Gasteiger partial charge in [-0.25, -0.2) is 4.79 Å². The largest absolute Gasteiger partial charge is 0.481 e. The van der Waals surface area contributed by atoms with Crippen LogP contribution in [0.3, 0.4) is 0 Å². The number of nitrogens with zero attached hydrogens (tertiary/aromatic N) is 1. The Hall–Kier alpha value is -3.35. The third-order valence-electron chi connectivity index (χ3n) is 4.78. The number of amides is 1. The topological polar surface area (TPSA) is 102 Å². The van der Waals surface area contributed by atoms with E-state index in [0.717, 1.165) is 11.1 Å². The average Bonchev–Trinajstić information content (AvgIpc) is 3.02. The molecule has 158 valence electrons. The van der Waals surface area contributed by atoms with Crippen molar-refractivity contribution in [1.82, 2.24) is 5.16 Å². The summed E-state index contributed by atoms with van der Waals surface area (Å²) >= 11 is 0. The Balaban J connectivity index is 1.95. The van der Waals surface area contributed by atoms with E-state index in [1.165, 1.54) is 0 Å². The number of allylic oxidation sites excluding steroid dienone is 4. The van der Waals surface area contributed by atoms with Crippen molar-refractivity contribution in [1.29, 1.82) is 0 Å². The highest BCUT2D eigenvalue weighted by molar-refractivity contribution is 5.87. The number of nitrogens with one attached hydrogen (secondary N) is 1. The van der Waals surface area contributed by atoms with Gasteiger partial charge in [0.1, 0.15) is 17.0 Å². The maximum atomic E-state index is 12.3. The Morgan fingerprint density at radius 1 is 1.27 bits per heavy atom. The first-order valence-electron chi connectivity index (χ1n) is 9.73. The molecule has 0 saturated heterocycles. The van der Waals surface area contributed by atoms with Crippen molar-refractivity contribution in [2.24, 2.45) is 0 Å². The number of carboxylic acid groups (broad SMARTS) is 1. The third kappa shape index (κ3) is 4.79. The predicted octanol–water partition coefficient (Wildman–Crippen LogP) is 5.09. The molecule has 0 radical (unpaired) electrons. The van der Waals surface area contributed by atoms with Crippen LogP contribution >= 0.6 is 0 Å². The minimum absolute atomic E-state index is 0.209. The number of anilines is 1. The van der Waals surface area contributed by atoms with Crippen LogP contribution in [0.2, 0.25) is 0 Å². The van der Waals surface area contributed by atoms with Crippen LogP contribution in [0.25, 0.3) is 5.57 Å². The number of carbonyl (C=O) groups is 2. The monoisotopic (exact) mass is 410 g/mol. The first-order valence-corrected chi connectivity index (χ1v) is 9.73. The Bertz CT molecular complexity index is 998. The van der Waals surface area contributed by atoms with E-state index in [1.54, 1.807) is 27.7 Å². The van der Waals surface area contributed by atoms with Crippen molar-refractivity contribution in [3.63, 3.8) is 0 Å². The third-order valence-corrected chi connectivity index (χ3v) is 4.78. The van der Waals surface area contributed by atoms with Gasteiger partial charge in [-0.3, -0.25) is 10.1 Å². The highest BCUT2D eigenvalue weighted by Crippen LogP contribution is 2.43. The second kappa shape index (κ2) is 8.18. The molecule has 1 atom stereocenters. The quantitative estimate of drug-likeness (QED) is 0.712. The number of aliphatic carboxylic acids is 1. The standard InChI is InChI=1S/C23H26N2O5/c1-15-19(24-21(28)29-22(2,3)4)20(30-25-15)23(14-18(26)27)12-10-17(11-13-23)16-8-6-5-7-9-16/h5-12H,13-14H2,1-4H3,(H,24,28)(H,26,27). The molecule has 0 fully saturated rings. The van der Waals surface area contributed by atoms with Gasteiger partial charge in [-0.1, -0.05) is 53.7 Å². The summed E-state index contributed by atoms with van der Waals surface area (Å²) in [6, 6.07) is 9.83. The molecule has 7 heteroatoms. The molecule has 3 rings (SSSR count). The molecule has 1 unspecified atom stereocenters. The van der Waals surface area contributed by atoms with E-state index in [4.69, 9.17) is 9.26 Å².